The van der Waals surface area contributed by atoms with Gasteiger partial charge in [0.05, 0.1) is 0 Å². The van der Waals surface area contributed by atoms with Gasteiger partial charge in [0, 0.05) is 17.0 Å². The molecule has 1 aliphatic heterocycles. The van der Waals surface area contributed by atoms with Gasteiger partial charge < -0.3 is 0 Å². The van der Waals surface area contributed by atoms with Gasteiger partial charge in [-0.05, 0) is 72.6 Å². The molecule has 2 heteroatoms. The van der Waals surface area contributed by atoms with E-state index in [1.807, 2.05) is 0 Å². The molecule has 0 spiro atoms. The summed E-state index contributed by atoms with van der Waals surface area (Å²) in [5.41, 5.74) is 8.43. The highest BCUT2D eigenvalue weighted by Gasteiger charge is 2.36. The van der Waals surface area contributed by atoms with Crippen LogP contribution >= 0.6 is 16.5 Å². The maximum absolute atomic E-state index is 2.39. The molecule has 0 aliphatic carbocycles. The summed E-state index contributed by atoms with van der Waals surface area (Å²) in [4.78, 5) is 0. The summed E-state index contributed by atoms with van der Waals surface area (Å²) >= 11 is 0. The Balaban J connectivity index is 1.29. The summed E-state index contributed by atoms with van der Waals surface area (Å²) in [5, 5.41) is 0. The quantitative estimate of drug-likeness (QED) is 0.134. The number of benzene rings is 4. The van der Waals surface area contributed by atoms with Crippen molar-refractivity contribution < 1.29 is 0 Å². The average molecular weight is 565 g/mol. The SMILES string of the molecule is CCCC[C@@H](CC[C@H](PCCP1[C@H](c2ccccc2)CC[C@H]1c1ccccc1)c1ccccc1)c1ccccc1. The average Bonchev–Trinajstić information content (AvgIpc) is 3.45. The van der Waals surface area contributed by atoms with Crippen molar-refractivity contribution >= 4 is 16.5 Å². The molecule has 5 atom stereocenters. The first-order chi connectivity index (χ1) is 19.8. The zero-order valence-corrected chi connectivity index (χ0v) is 26.1. The maximum Gasteiger partial charge on any atom is 0.00477 e. The van der Waals surface area contributed by atoms with Crippen LogP contribution in [0, 0.1) is 0 Å². The summed E-state index contributed by atoms with van der Waals surface area (Å²) in [6.45, 7) is 2.33. The van der Waals surface area contributed by atoms with E-state index in [2.05, 4.69) is 128 Å². The Labute approximate surface area is 246 Å². The van der Waals surface area contributed by atoms with E-state index in [0.29, 0.717) is 11.6 Å². The van der Waals surface area contributed by atoms with E-state index in [9.17, 15) is 0 Å². The summed E-state index contributed by atoms with van der Waals surface area (Å²) in [6.07, 6.45) is 12.0. The van der Waals surface area contributed by atoms with Crippen LogP contribution in [0.1, 0.15) is 97.0 Å². The van der Waals surface area contributed by atoms with Gasteiger partial charge >= 0.3 is 0 Å². The van der Waals surface area contributed by atoms with Gasteiger partial charge in [0.2, 0.25) is 0 Å². The summed E-state index contributed by atoms with van der Waals surface area (Å²) in [6, 6.07) is 45.6. The molecule has 0 amide bonds. The second-order valence-electron chi connectivity index (χ2n) is 11.4. The van der Waals surface area contributed by atoms with Crippen LogP contribution in [0.25, 0.3) is 0 Å². The van der Waals surface area contributed by atoms with Crippen molar-refractivity contribution in [3.63, 3.8) is 0 Å². The van der Waals surface area contributed by atoms with Crippen molar-refractivity contribution in [1.29, 1.82) is 0 Å². The van der Waals surface area contributed by atoms with E-state index < -0.39 is 0 Å². The van der Waals surface area contributed by atoms with E-state index in [1.54, 1.807) is 16.7 Å². The van der Waals surface area contributed by atoms with Crippen molar-refractivity contribution in [1.82, 2.24) is 0 Å². The maximum atomic E-state index is 2.39. The van der Waals surface area contributed by atoms with Crippen LogP contribution in [0.3, 0.4) is 0 Å². The highest BCUT2D eigenvalue weighted by molar-refractivity contribution is 7.59. The first-order valence-corrected chi connectivity index (χ1v) is 18.5. The molecule has 0 bridgehead atoms. The predicted octanol–water partition coefficient (Wildman–Crippen LogP) is 11.9. The lowest BCUT2D eigenvalue weighted by molar-refractivity contribution is 0.525. The Kier molecular flexibility index (Phi) is 11.4. The predicted molar refractivity (Wildman–Crippen MR) is 180 cm³/mol. The fourth-order valence-corrected chi connectivity index (χ4v) is 12.5. The molecule has 0 saturated carbocycles. The Morgan fingerprint density at radius 2 is 1.12 bits per heavy atom. The van der Waals surface area contributed by atoms with Gasteiger partial charge in [0.15, 0.2) is 0 Å². The molecule has 1 saturated heterocycles. The van der Waals surface area contributed by atoms with Crippen molar-refractivity contribution in [3.8, 4) is 0 Å². The lowest BCUT2D eigenvalue weighted by Crippen LogP contribution is -2.04. The summed E-state index contributed by atoms with van der Waals surface area (Å²) < 4.78 is 0. The van der Waals surface area contributed by atoms with Gasteiger partial charge in [0.25, 0.3) is 0 Å². The Hall–Kier alpha value is -2.26. The molecule has 208 valence electrons. The normalized spacial score (nSPS) is 19.2. The number of hydrogen-bond donors (Lipinski definition) is 0. The molecule has 0 nitrogen and oxygen atoms in total. The minimum atomic E-state index is -0.0830. The monoisotopic (exact) mass is 564 g/mol. The fourth-order valence-electron chi connectivity index (χ4n) is 6.70. The molecule has 40 heavy (non-hydrogen) atoms. The van der Waals surface area contributed by atoms with Gasteiger partial charge in [-0.2, -0.15) is 0 Å². The molecule has 5 rings (SSSR count). The molecule has 0 radical (unpaired) electrons. The molecule has 4 aromatic carbocycles. The zero-order valence-electron chi connectivity index (χ0n) is 24.2. The second-order valence-corrected chi connectivity index (χ2v) is 15.7. The summed E-state index contributed by atoms with van der Waals surface area (Å²) in [7, 11) is 0.915. The molecule has 0 aromatic heterocycles. The lowest BCUT2D eigenvalue weighted by Gasteiger charge is -2.28. The van der Waals surface area contributed by atoms with Crippen LogP contribution in [0.2, 0.25) is 0 Å². The minimum Gasteiger partial charge on any atom is -0.114 e. The fraction of sp³-hybridized carbons (Fsp3) is 0.368. The van der Waals surface area contributed by atoms with Gasteiger partial charge in [0.1, 0.15) is 0 Å². The second kappa shape index (κ2) is 15.7. The largest absolute Gasteiger partial charge is 0.114 e. The van der Waals surface area contributed by atoms with E-state index >= 15 is 0 Å². The van der Waals surface area contributed by atoms with E-state index in [0.717, 1.165) is 19.9 Å². The standard InChI is InChI=1S/C38H46P2/c1-2-3-16-32(31-17-8-4-9-18-31)25-26-36(33-19-10-5-11-20-33)39-29-30-40-37(34-21-12-6-13-22-34)27-28-38(40)35-23-14-7-15-24-35/h4-15,17-24,32,36-39H,2-3,16,25-30H2,1H3/t32-,36-,37-,38-/m0/s1. The van der Waals surface area contributed by atoms with Crippen LogP contribution in [0.15, 0.2) is 121 Å². The molecular weight excluding hydrogens is 518 g/mol. The van der Waals surface area contributed by atoms with Crippen molar-refractivity contribution in [2.75, 3.05) is 12.3 Å². The van der Waals surface area contributed by atoms with Crippen LogP contribution < -0.4 is 0 Å². The third kappa shape index (κ3) is 7.93. The Morgan fingerprint density at radius 3 is 1.65 bits per heavy atom. The third-order valence-electron chi connectivity index (χ3n) is 8.83. The molecule has 1 fully saturated rings. The number of hydrogen-bond acceptors (Lipinski definition) is 0. The highest BCUT2D eigenvalue weighted by Crippen LogP contribution is 2.70. The van der Waals surface area contributed by atoms with Crippen molar-refractivity contribution in [2.45, 2.75) is 74.8 Å². The van der Waals surface area contributed by atoms with E-state index in [-0.39, 0.29) is 7.92 Å². The Bertz CT molecular complexity index is 1180. The highest BCUT2D eigenvalue weighted by atomic mass is 31.1. The molecule has 4 aromatic rings. The molecule has 1 heterocycles. The van der Waals surface area contributed by atoms with E-state index in [1.165, 1.54) is 62.8 Å². The smallest absolute Gasteiger partial charge is 0.00477 e. The summed E-state index contributed by atoms with van der Waals surface area (Å²) in [5.74, 6) is 0.682. The molecule has 0 N–H and O–H groups in total. The minimum absolute atomic E-state index is 0.0830. The number of unbranched alkanes of at least 4 members (excludes halogenated alkanes) is 1. The Morgan fingerprint density at radius 1 is 0.625 bits per heavy atom. The van der Waals surface area contributed by atoms with Crippen LogP contribution in [0.5, 0.6) is 0 Å². The van der Waals surface area contributed by atoms with Crippen LogP contribution in [0.4, 0.5) is 0 Å². The first kappa shape index (κ1) is 29.2. The van der Waals surface area contributed by atoms with Gasteiger partial charge in [-0.3, -0.25) is 0 Å². The molecule has 1 unspecified atom stereocenters. The number of rotatable bonds is 14. The zero-order chi connectivity index (χ0) is 27.4. The topological polar surface area (TPSA) is 0 Å². The molecular formula is C38H46P2. The van der Waals surface area contributed by atoms with Crippen LogP contribution in [-0.2, 0) is 0 Å². The van der Waals surface area contributed by atoms with Crippen molar-refractivity contribution in [2.24, 2.45) is 0 Å². The third-order valence-corrected chi connectivity index (χ3v) is 14.4. The molecule has 1 aliphatic rings. The van der Waals surface area contributed by atoms with Gasteiger partial charge in [-0.15, -0.1) is 8.58 Å². The van der Waals surface area contributed by atoms with Gasteiger partial charge in [-0.1, -0.05) is 149 Å². The van der Waals surface area contributed by atoms with Crippen LogP contribution in [-0.4, -0.2) is 12.3 Å². The first-order valence-electron chi connectivity index (χ1n) is 15.5. The van der Waals surface area contributed by atoms with E-state index in [4.69, 9.17) is 0 Å². The van der Waals surface area contributed by atoms with Gasteiger partial charge in [-0.25, -0.2) is 0 Å². The van der Waals surface area contributed by atoms with Crippen molar-refractivity contribution in [3.05, 3.63) is 144 Å². The lowest BCUT2D eigenvalue weighted by atomic mass is 9.88.